The van der Waals surface area contributed by atoms with Crippen LogP contribution < -0.4 is 20.5 Å². The number of halogens is 1. The largest absolute Gasteiger partial charge is 0.488 e. The number of imide groups is 1. The molecule has 0 atom stereocenters. The molecule has 0 fully saturated rings. The molecule has 1 heterocycles. The second-order valence-electron chi connectivity index (χ2n) is 5.61. The molecule has 0 radical (unpaired) electrons. The van der Waals surface area contributed by atoms with Gasteiger partial charge in [0.15, 0.2) is 5.75 Å². The fourth-order valence-corrected chi connectivity index (χ4v) is 2.15. The lowest BCUT2D eigenvalue weighted by atomic mass is 10.2. The molecule has 2 amide bonds. The van der Waals surface area contributed by atoms with Crippen molar-refractivity contribution in [3.8, 4) is 11.6 Å². The molecule has 0 saturated carbocycles. The van der Waals surface area contributed by atoms with Crippen molar-refractivity contribution in [3.05, 3.63) is 53.5 Å². The first-order valence-corrected chi connectivity index (χ1v) is 8.69. The van der Waals surface area contributed by atoms with E-state index in [1.807, 2.05) is 5.32 Å². The molecule has 0 bridgehead atoms. The second-order valence-corrected chi connectivity index (χ2v) is 5.61. The van der Waals surface area contributed by atoms with Crippen LogP contribution in [-0.2, 0) is 16.0 Å². The van der Waals surface area contributed by atoms with E-state index in [0.717, 1.165) is 11.8 Å². The minimum atomic E-state index is -1.10. The summed E-state index contributed by atoms with van der Waals surface area (Å²) in [5, 5.41) is 1.90. The summed E-state index contributed by atoms with van der Waals surface area (Å²) in [6.07, 6.45) is 0.472. The zero-order valence-corrected chi connectivity index (χ0v) is 15.6. The topological polar surface area (TPSA) is 130 Å². The Morgan fingerprint density at radius 1 is 1.21 bits per heavy atom. The van der Waals surface area contributed by atoms with Gasteiger partial charge in [0.05, 0.1) is 25.3 Å². The van der Waals surface area contributed by atoms with Gasteiger partial charge in [0.2, 0.25) is 5.91 Å². The van der Waals surface area contributed by atoms with Crippen molar-refractivity contribution in [1.82, 2.24) is 10.3 Å². The molecule has 1 aromatic carbocycles. The highest BCUT2D eigenvalue weighted by Crippen LogP contribution is 2.26. The van der Waals surface area contributed by atoms with Crippen molar-refractivity contribution in [1.29, 1.82) is 0 Å². The predicted molar refractivity (Wildman–Crippen MR) is 99.0 cm³/mol. The molecule has 9 nitrogen and oxygen atoms in total. The molecule has 1 aromatic heterocycles. The summed E-state index contributed by atoms with van der Waals surface area (Å²) in [5.74, 6) is -1.98. The van der Waals surface area contributed by atoms with Crippen LogP contribution in [0.5, 0.6) is 11.6 Å². The van der Waals surface area contributed by atoms with Gasteiger partial charge in [-0.1, -0.05) is 12.1 Å². The number of aromatic nitrogens is 1. The van der Waals surface area contributed by atoms with Crippen molar-refractivity contribution < 1.29 is 33.0 Å². The number of amides is 2. The molecule has 0 spiro atoms. The zero-order valence-electron chi connectivity index (χ0n) is 15.6. The van der Waals surface area contributed by atoms with Gasteiger partial charge >= 0.3 is 12.1 Å². The quantitative estimate of drug-likeness (QED) is 0.634. The van der Waals surface area contributed by atoms with E-state index in [1.165, 1.54) is 18.2 Å². The highest BCUT2D eigenvalue weighted by molar-refractivity contribution is 5.93. The Morgan fingerprint density at radius 3 is 2.59 bits per heavy atom. The van der Waals surface area contributed by atoms with E-state index in [2.05, 4.69) is 4.98 Å². The lowest BCUT2D eigenvalue weighted by Crippen LogP contribution is -2.37. The number of hydrogen-bond acceptors (Lipinski definition) is 8. The number of hydrogen-bond donors (Lipinski definition) is 2. The Balaban J connectivity index is 2.13. The molecule has 0 saturated heterocycles. The Labute approximate surface area is 166 Å². The maximum Gasteiger partial charge on any atom is 0.420 e. The monoisotopic (exact) mass is 405 g/mol. The van der Waals surface area contributed by atoms with Crippen molar-refractivity contribution in [2.45, 2.75) is 13.3 Å². The van der Waals surface area contributed by atoms with Gasteiger partial charge in [-0.3, -0.25) is 10.1 Å². The molecule has 154 valence electrons. The molecule has 3 N–H and O–H groups in total. The molecule has 29 heavy (non-hydrogen) atoms. The predicted octanol–water partition coefficient (Wildman–Crippen LogP) is 1.59. The van der Waals surface area contributed by atoms with Crippen LogP contribution in [0, 0.1) is 5.82 Å². The molecule has 0 aliphatic rings. The third kappa shape index (κ3) is 6.85. The first-order chi connectivity index (χ1) is 13.9. The second kappa shape index (κ2) is 10.7. The SMILES string of the molecule is CCOC(=O)c1cnc(OC(=O)NC(=O)CN)c(OCCc2ccc(F)cc2)c1. The van der Waals surface area contributed by atoms with E-state index in [9.17, 15) is 18.8 Å². The third-order valence-electron chi connectivity index (χ3n) is 3.51. The van der Waals surface area contributed by atoms with Gasteiger partial charge in [0, 0.05) is 18.7 Å². The number of nitrogens with two attached hydrogens (primary N) is 1. The highest BCUT2D eigenvalue weighted by atomic mass is 19.1. The van der Waals surface area contributed by atoms with E-state index >= 15 is 0 Å². The number of carbonyl (C=O) groups is 3. The lowest BCUT2D eigenvalue weighted by molar-refractivity contribution is -0.118. The van der Waals surface area contributed by atoms with Crippen LogP contribution in [0.2, 0.25) is 0 Å². The molecular formula is C19H20FN3O6. The number of rotatable bonds is 8. The van der Waals surface area contributed by atoms with Gasteiger partial charge in [-0.15, -0.1) is 0 Å². The van der Waals surface area contributed by atoms with Gasteiger partial charge in [0.1, 0.15) is 5.82 Å². The Bertz CT molecular complexity index is 873. The van der Waals surface area contributed by atoms with Crippen LogP contribution in [0.4, 0.5) is 9.18 Å². The van der Waals surface area contributed by atoms with Gasteiger partial charge in [-0.2, -0.15) is 0 Å². The summed E-state index contributed by atoms with van der Waals surface area (Å²) in [6.45, 7) is 1.55. The average Bonchev–Trinajstić information content (AvgIpc) is 2.70. The van der Waals surface area contributed by atoms with Gasteiger partial charge < -0.3 is 19.9 Å². The fraction of sp³-hybridized carbons (Fsp3) is 0.263. The minimum absolute atomic E-state index is 0.00647. The normalized spacial score (nSPS) is 10.2. The number of carbonyl (C=O) groups excluding carboxylic acids is 3. The summed E-state index contributed by atoms with van der Waals surface area (Å²) in [4.78, 5) is 38.7. The molecule has 10 heteroatoms. The van der Waals surface area contributed by atoms with E-state index in [1.54, 1.807) is 19.1 Å². The third-order valence-corrected chi connectivity index (χ3v) is 3.51. The summed E-state index contributed by atoms with van der Waals surface area (Å²) in [6, 6.07) is 7.17. The Hall–Kier alpha value is -3.53. The van der Waals surface area contributed by atoms with Crippen LogP contribution in [0.1, 0.15) is 22.8 Å². The van der Waals surface area contributed by atoms with E-state index in [4.69, 9.17) is 19.9 Å². The van der Waals surface area contributed by atoms with Crippen molar-refractivity contribution in [2.75, 3.05) is 19.8 Å². The first kappa shape index (κ1) is 21.8. The van der Waals surface area contributed by atoms with E-state index < -0.39 is 24.5 Å². The molecule has 0 aliphatic heterocycles. The van der Waals surface area contributed by atoms with E-state index in [-0.39, 0.29) is 36.2 Å². The molecule has 2 aromatic rings. The van der Waals surface area contributed by atoms with Crippen molar-refractivity contribution in [2.24, 2.45) is 5.73 Å². The lowest BCUT2D eigenvalue weighted by Gasteiger charge is -2.12. The standard InChI is InChI=1S/C19H20FN3O6/c1-2-27-18(25)13-9-15(28-8-7-12-3-5-14(20)6-4-12)17(22-11-13)29-19(26)23-16(24)10-21/h3-6,9,11H,2,7-8,10,21H2,1H3,(H,23,24,26). The smallest absolute Gasteiger partial charge is 0.420 e. The van der Waals surface area contributed by atoms with Crippen LogP contribution in [-0.4, -0.2) is 42.7 Å². The average molecular weight is 405 g/mol. The van der Waals surface area contributed by atoms with Crippen LogP contribution in [0.15, 0.2) is 36.5 Å². The minimum Gasteiger partial charge on any atom is -0.488 e. The van der Waals surface area contributed by atoms with Crippen molar-refractivity contribution in [3.63, 3.8) is 0 Å². The zero-order chi connectivity index (χ0) is 21.2. The molecular weight excluding hydrogens is 385 g/mol. The first-order valence-electron chi connectivity index (χ1n) is 8.69. The molecule has 0 unspecified atom stereocenters. The number of benzene rings is 1. The van der Waals surface area contributed by atoms with Crippen LogP contribution >= 0.6 is 0 Å². The summed E-state index contributed by atoms with van der Waals surface area (Å²) in [5.41, 5.74) is 6.03. The van der Waals surface area contributed by atoms with Gasteiger partial charge in [-0.05, 0) is 24.6 Å². The molecule has 2 rings (SSSR count). The summed E-state index contributed by atoms with van der Waals surface area (Å²) in [7, 11) is 0. The highest BCUT2D eigenvalue weighted by Gasteiger charge is 2.18. The number of pyridine rings is 1. The Morgan fingerprint density at radius 2 is 1.93 bits per heavy atom. The maximum absolute atomic E-state index is 13.0. The molecule has 0 aliphatic carbocycles. The fourth-order valence-electron chi connectivity index (χ4n) is 2.15. The van der Waals surface area contributed by atoms with E-state index in [0.29, 0.717) is 6.42 Å². The number of nitrogens with one attached hydrogen (secondary N) is 1. The van der Waals surface area contributed by atoms with Crippen LogP contribution in [0.25, 0.3) is 0 Å². The number of ether oxygens (including phenoxy) is 3. The van der Waals surface area contributed by atoms with Gasteiger partial charge in [0.25, 0.3) is 5.88 Å². The van der Waals surface area contributed by atoms with Gasteiger partial charge in [-0.25, -0.2) is 19.0 Å². The van der Waals surface area contributed by atoms with Crippen molar-refractivity contribution >= 4 is 18.0 Å². The summed E-state index contributed by atoms with van der Waals surface area (Å²) < 4.78 is 28.4. The number of esters is 1. The Kier molecular flexibility index (Phi) is 8.04. The van der Waals surface area contributed by atoms with Crippen LogP contribution in [0.3, 0.4) is 0 Å². The maximum atomic E-state index is 13.0. The number of nitrogens with zero attached hydrogens (tertiary/aromatic N) is 1. The summed E-state index contributed by atoms with van der Waals surface area (Å²) >= 11 is 0.